The summed E-state index contributed by atoms with van der Waals surface area (Å²) in [5.41, 5.74) is 2.79. The Hall–Kier alpha value is -3.78. The SMILES string of the molecule is O=C(NCc1cccc(F)c1)c1ccc(N2C(=O)Cn3c(cc4sccc43)C2=O)cc1. The Morgan fingerprint density at radius 2 is 1.87 bits per heavy atom. The van der Waals surface area contributed by atoms with Crippen molar-refractivity contribution in [2.75, 3.05) is 4.90 Å². The highest BCUT2D eigenvalue weighted by molar-refractivity contribution is 7.17. The smallest absolute Gasteiger partial charge is 0.281 e. The van der Waals surface area contributed by atoms with Crippen molar-refractivity contribution in [3.63, 3.8) is 0 Å². The molecule has 5 rings (SSSR count). The molecule has 154 valence electrons. The van der Waals surface area contributed by atoms with Gasteiger partial charge < -0.3 is 9.88 Å². The van der Waals surface area contributed by atoms with E-state index >= 15 is 0 Å². The Morgan fingerprint density at radius 1 is 1.06 bits per heavy atom. The first-order chi connectivity index (χ1) is 15.0. The highest BCUT2D eigenvalue weighted by Gasteiger charge is 2.33. The number of rotatable bonds is 4. The zero-order valence-corrected chi connectivity index (χ0v) is 17.0. The van der Waals surface area contributed by atoms with Crippen LogP contribution < -0.4 is 10.2 Å². The Bertz CT molecular complexity index is 1340. The monoisotopic (exact) mass is 433 g/mol. The Balaban J connectivity index is 1.33. The first kappa shape index (κ1) is 19.2. The molecule has 3 amide bonds. The summed E-state index contributed by atoms with van der Waals surface area (Å²) in [6.45, 7) is 0.271. The number of fused-ring (bicyclic) bond motifs is 3. The number of hydrogen-bond donors (Lipinski definition) is 1. The summed E-state index contributed by atoms with van der Waals surface area (Å²) in [6.07, 6.45) is 0. The Morgan fingerprint density at radius 3 is 2.65 bits per heavy atom. The second kappa shape index (κ2) is 7.48. The molecule has 8 heteroatoms. The number of thiophene rings is 1. The lowest BCUT2D eigenvalue weighted by molar-refractivity contribution is -0.118. The van der Waals surface area contributed by atoms with Gasteiger partial charge in [0.1, 0.15) is 18.1 Å². The van der Waals surface area contributed by atoms with E-state index in [9.17, 15) is 18.8 Å². The third kappa shape index (κ3) is 3.40. The van der Waals surface area contributed by atoms with Crippen LogP contribution in [0.25, 0.3) is 10.2 Å². The molecule has 0 spiro atoms. The molecule has 0 saturated carbocycles. The second-order valence-electron chi connectivity index (χ2n) is 7.18. The quantitative estimate of drug-likeness (QED) is 0.495. The molecule has 0 saturated heterocycles. The molecule has 0 aliphatic carbocycles. The lowest BCUT2D eigenvalue weighted by Gasteiger charge is -2.27. The molecule has 0 fully saturated rings. The average Bonchev–Trinajstić information content (AvgIpc) is 3.35. The van der Waals surface area contributed by atoms with Crippen molar-refractivity contribution in [2.24, 2.45) is 0 Å². The molecule has 4 aromatic rings. The van der Waals surface area contributed by atoms with Crippen LogP contribution >= 0.6 is 11.3 Å². The van der Waals surface area contributed by atoms with Crippen molar-refractivity contribution in [2.45, 2.75) is 13.1 Å². The molecule has 0 bridgehead atoms. The minimum absolute atomic E-state index is 0.0805. The maximum Gasteiger partial charge on any atom is 0.281 e. The van der Waals surface area contributed by atoms with Crippen molar-refractivity contribution >= 4 is 45.0 Å². The molecule has 3 heterocycles. The van der Waals surface area contributed by atoms with Gasteiger partial charge in [-0.2, -0.15) is 0 Å². The summed E-state index contributed by atoms with van der Waals surface area (Å²) in [6, 6.07) is 16.0. The molecule has 0 atom stereocenters. The number of nitrogens with one attached hydrogen (secondary N) is 1. The van der Waals surface area contributed by atoms with E-state index in [2.05, 4.69) is 5.32 Å². The lowest BCUT2D eigenvalue weighted by atomic mass is 10.1. The molecule has 31 heavy (non-hydrogen) atoms. The first-order valence-electron chi connectivity index (χ1n) is 9.58. The van der Waals surface area contributed by atoms with Gasteiger partial charge in [-0.05, 0) is 59.5 Å². The van der Waals surface area contributed by atoms with E-state index in [0.717, 1.165) is 15.1 Å². The van der Waals surface area contributed by atoms with Crippen molar-refractivity contribution in [1.82, 2.24) is 9.88 Å². The van der Waals surface area contributed by atoms with Crippen molar-refractivity contribution in [3.8, 4) is 0 Å². The van der Waals surface area contributed by atoms with E-state index in [1.807, 2.05) is 11.4 Å². The summed E-state index contributed by atoms with van der Waals surface area (Å²) in [7, 11) is 0. The van der Waals surface area contributed by atoms with Crippen LogP contribution in [0.4, 0.5) is 10.1 Å². The van der Waals surface area contributed by atoms with Crippen molar-refractivity contribution < 1.29 is 18.8 Å². The summed E-state index contributed by atoms with van der Waals surface area (Å²) >= 11 is 1.52. The van der Waals surface area contributed by atoms with Gasteiger partial charge in [0.2, 0.25) is 0 Å². The summed E-state index contributed by atoms with van der Waals surface area (Å²) in [4.78, 5) is 39.2. The van der Waals surface area contributed by atoms with Gasteiger partial charge in [0.05, 0.1) is 15.9 Å². The van der Waals surface area contributed by atoms with Gasteiger partial charge in [-0.25, -0.2) is 9.29 Å². The molecule has 1 N–H and O–H groups in total. The molecular weight excluding hydrogens is 417 g/mol. The number of amides is 3. The van der Waals surface area contributed by atoms with Gasteiger partial charge in [-0.1, -0.05) is 12.1 Å². The van der Waals surface area contributed by atoms with E-state index < -0.39 is 0 Å². The largest absolute Gasteiger partial charge is 0.348 e. The molecule has 1 aliphatic heterocycles. The molecule has 1 aliphatic rings. The maximum absolute atomic E-state index is 13.3. The number of halogens is 1. The predicted molar refractivity (Wildman–Crippen MR) is 116 cm³/mol. The zero-order chi connectivity index (χ0) is 21.5. The zero-order valence-electron chi connectivity index (χ0n) is 16.2. The molecule has 0 radical (unpaired) electrons. The van der Waals surface area contributed by atoms with E-state index in [-0.39, 0.29) is 36.6 Å². The highest BCUT2D eigenvalue weighted by Crippen LogP contribution is 2.30. The van der Waals surface area contributed by atoms with Gasteiger partial charge in [0, 0.05) is 12.1 Å². The average molecular weight is 433 g/mol. The fourth-order valence-electron chi connectivity index (χ4n) is 3.71. The lowest BCUT2D eigenvalue weighted by Crippen LogP contribution is -2.44. The predicted octanol–water partition coefficient (Wildman–Crippen LogP) is 3.96. The van der Waals surface area contributed by atoms with Crippen LogP contribution in [0.5, 0.6) is 0 Å². The first-order valence-corrected chi connectivity index (χ1v) is 10.5. The molecule has 2 aromatic heterocycles. The van der Waals surface area contributed by atoms with Gasteiger partial charge >= 0.3 is 0 Å². The number of anilines is 1. The Labute approximate surface area is 180 Å². The number of imide groups is 1. The maximum atomic E-state index is 13.3. The molecule has 6 nitrogen and oxygen atoms in total. The van der Waals surface area contributed by atoms with Crippen molar-refractivity contribution in [3.05, 3.63) is 88.7 Å². The number of nitrogens with zero attached hydrogens (tertiary/aromatic N) is 2. The van der Waals surface area contributed by atoms with Gasteiger partial charge in [-0.15, -0.1) is 11.3 Å². The molecule has 0 unspecified atom stereocenters. The number of benzene rings is 2. The highest BCUT2D eigenvalue weighted by atomic mass is 32.1. The third-order valence-electron chi connectivity index (χ3n) is 5.22. The minimum Gasteiger partial charge on any atom is -0.348 e. The van der Waals surface area contributed by atoms with Crippen LogP contribution in [-0.2, 0) is 17.9 Å². The van der Waals surface area contributed by atoms with E-state index in [4.69, 9.17) is 0 Å². The Kier molecular flexibility index (Phi) is 4.63. The van der Waals surface area contributed by atoms with Crippen LogP contribution in [-0.4, -0.2) is 22.3 Å². The van der Waals surface area contributed by atoms with Crippen molar-refractivity contribution in [1.29, 1.82) is 0 Å². The summed E-state index contributed by atoms with van der Waals surface area (Å²) in [5, 5.41) is 4.66. The fourth-order valence-corrected chi connectivity index (χ4v) is 4.54. The van der Waals surface area contributed by atoms with Gasteiger partial charge in [0.25, 0.3) is 17.7 Å². The van der Waals surface area contributed by atoms with E-state index in [1.165, 1.54) is 23.5 Å². The molecular formula is C23H16FN3O3S. The van der Waals surface area contributed by atoms with Crippen LogP contribution in [0.2, 0.25) is 0 Å². The normalized spacial score (nSPS) is 13.5. The van der Waals surface area contributed by atoms with Gasteiger partial charge in [-0.3, -0.25) is 14.4 Å². The van der Waals surface area contributed by atoms with Gasteiger partial charge in [0.15, 0.2) is 0 Å². The van der Waals surface area contributed by atoms with E-state index in [0.29, 0.717) is 22.5 Å². The van der Waals surface area contributed by atoms with Crippen LogP contribution in [0.1, 0.15) is 26.4 Å². The number of carbonyl (C=O) groups excluding carboxylic acids is 3. The number of aromatic nitrogens is 1. The number of carbonyl (C=O) groups is 3. The summed E-state index contributed by atoms with van der Waals surface area (Å²) < 4.78 is 16.0. The number of hydrogen-bond acceptors (Lipinski definition) is 4. The minimum atomic E-state index is -0.386. The van der Waals surface area contributed by atoms with Crippen LogP contribution in [0.15, 0.2) is 66.0 Å². The van der Waals surface area contributed by atoms with E-state index in [1.54, 1.807) is 47.0 Å². The molecule has 2 aromatic carbocycles. The van der Waals surface area contributed by atoms with Crippen LogP contribution in [0.3, 0.4) is 0 Å². The van der Waals surface area contributed by atoms with Crippen LogP contribution in [0, 0.1) is 5.82 Å². The standard InChI is InChI=1S/C23H16FN3O3S/c24-16-3-1-2-14(10-16)12-25-22(29)15-4-6-17(7-5-15)27-21(28)13-26-18-8-9-31-20(18)11-19(26)23(27)30/h1-11H,12-13H2,(H,25,29). The summed E-state index contributed by atoms with van der Waals surface area (Å²) in [5.74, 6) is -1.41. The fraction of sp³-hybridized carbons (Fsp3) is 0.0870. The third-order valence-corrected chi connectivity index (χ3v) is 6.07. The topological polar surface area (TPSA) is 71.4 Å². The second-order valence-corrected chi connectivity index (χ2v) is 8.13.